The summed E-state index contributed by atoms with van der Waals surface area (Å²) >= 11 is 0. The molecule has 1 aromatic heterocycles. The van der Waals surface area contributed by atoms with E-state index < -0.39 is 5.97 Å². The average Bonchev–Trinajstić information content (AvgIpc) is 2.93. The predicted octanol–water partition coefficient (Wildman–Crippen LogP) is 2.15. The first-order chi connectivity index (χ1) is 13.6. The quantitative estimate of drug-likeness (QED) is 0.667. The summed E-state index contributed by atoms with van der Waals surface area (Å²) in [6.45, 7) is 1.92. The Bertz CT molecular complexity index is 1060. The maximum Gasteiger partial charge on any atom is 0.355 e. The fraction of sp³-hybridized carbons (Fsp3) is 0.286. The lowest BCUT2D eigenvalue weighted by Gasteiger charge is -2.08. The van der Waals surface area contributed by atoms with E-state index in [1.54, 1.807) is 16.7 Å². The molecule has 0 atom stereocenters. The zero-order chi connectivity index (χ0) is 19.5. The zero-order valence-corrected chi connectivity index (χ0v) is 16.7. The topological polar surface area (TPSA) is 89.2 Å². The molecule has 0 amide bonds. The van der Waals surface area contributed by atoms with Gasteiger partial charge in [0.1, 0.15) is 6.33 Å². The van der Waals surface area contributed by atoms with Gasteiger partial charge in [-0.15, -0.1) is 12.4 Å². The number of nitrogens with one attached hydrogen (secondary N) is 1. The monoisotopic (exact) mass is 414 g/mol. The van der Waals surface area contributed by atoms with Crippen LogP contribution in [0.15, 0.2) is 53.6 Å². The van der Waals surface area contributed by atoms with Crippen molar-refractivity contribution in [3.63, 3.8) is 0 Å². The summed E-state index contributed by atoms with van der Waals surface area (Å²) in [5, 5.41) is 16.4. The number of benzene rings is 2. The first-order valence-corrected chi connectivity index (χ1v) is 9.42. The van der Waals surface area contributed by atoms with Crippen LogP contribution in [0.4, 0.5) is 0 Å². The lowest BCUT2D eigenvalue weighted by molar-refractivity contribution is -0.136. The lowest BCUT2D eigenvalue weighted by atomic mass is 10.0. The predicted molar refractivity (Wildman–Crippen MR) is 113 cm³/mol. The van der Waals surface area contributed by atoms with Crippen LogP contribution >= 0.6 is 12.4 Å². The van der Waals surface area contributed by atoms with Crippen LogP contribution in [-0.4, -0.2) is 38.5 Å². The largest absolute Gasteiger partial charge is 0.481 e. The van der Waals surface area contributed by atoms with Crippen molar-refractivity contribution in [2.45, 2.75) is 25.7 Å². The van der Waals surface area contributed by atoms with Gasteiger partial charge >= 0.3 is 11.7 Å². The van der Waals surface area contributed by atoms with E-state index >= 15 is 0 Å². The Morgan fingerprint density at radius 2 is 1.72 bits per heavy atom. The fourth-order valence-corrected chi connectivity index (χ4v) is 3.52. The molecule has 0 bridgehead atoms. The molecule has 0 unspecified atom stereocenters. The Hall–Kier alpha value is -2.90. The van der Waals surface area contributed by atoms with Crippen molar-refractivity contribution in [2.75, 3.05) is 13.1 Å². The number of carbonyl (C=O) groups is 1. The van der Waals surface area contributed by atoms with Crippen molar-refractivity contribution in [1.82, 2.24) is 19.7 Å². The summed E-state index contributed by atoms with van der Waals surface area (Å²) in [6.07, 6.45) is 4.03. The molecule has 7 nitrogen and oxygen atoms in total. The Labute approximate surface area is 174 Å². The number of aryl methyl sites for hydroxylation is 1. The molecule has 0 radical (unpaired) electrons. The lowest BCUT2D eigenvalue weighted by Crippen LogP contribution is -2.22. The van der Waals surface area contributed by atoms with E-state index in [4.69, 9.17) is 5.11 Å². The van der Waals surface area contributed by atoms with E-state index in [0.29, 0.717) is 12.1 Å². The van der Waals surface area contributed by atoms with Gasteiger partial charge < -0.3 is 10.4 Å². The molecular weight excluding hydrogens is 392 g/mol. The van der Waals surface area contributed by atoms with Gasteiger partial charge in [-0.3, -0.25) is 4.79 Å². The summed E-state index contributed by atoms with van der Waals surface area (Å²) < 4.78 is 2.91. The van der Waals surface area contributed by atoms with Gasteiger partial charge in [0.05, 0.1) is 11.4 Å². The van der Waals surface area contributed by atoms with Gasteiger partial charge in [-0.05, 0) is 73.3 Å². The van der Waals surface area contributed by atoms with Crippen LogP contribution in [0.2, 0.25) is 0 Å². The number of carboxylic acid groups (broad SMARTS) is 1. The summed E-state index contributed by atoms with van der Waals surface area (Å²) in [4.78, 5) is 23.6. The molecule has 2 N–H and O–H groups in total. The van der Waals surface area contributed by atoms with E-state index in [-0.39, 0.29) is 24.5 Å². The Balaban J connectivity index is 0.00000240. The normalized spacial score (nSPS) is 13.2. The Kier molecular flexibility index (Phi) is 6.51. The van der Waals surface area contributed by atoms with Crippen LogP contribution in [0.3, 0.4) is 0 Å². The smallest absolute Gasteiger partial charge is 0.355 e. The molecule has 0 saturated heterocycles. The van der Waals surface area contributed by atoms with Crippen molar-refractivity contribution < 1.29 is 9.90 Å². The third-order valence-electron chi connectivity index (χ3n) is 5.09. The van der Waals surface area contributed by atoms with Gasteiger partial charge in [0, 0.05) is 6.42 Å². The molecule has 8 heteroatoms. The second kappa shape index (κ2) is 9.07. The van der Waals surface area contributed by atoms with Crippen molar-refractivity contribution in [3.05, 3.63) is 76.0 Å². The molecule has 2 aromatic carbocycles. The number of aliphatic carboxylic acids is 1. The second-order valence-electron chi connectivity index (χ2n) is 6.96. The highest BCUT2D eigenvalue weighted by molar-refractivity contribution is 5.85. The van der Waals surface area contributed by atoms with Gasteiger partial charge in [0.2, 0.25) is 0 Å². The summed E-state index contributed by atoms with van der Waals surface area (Å²) in [5.74, 6) is -0.824. The first-order valence-electron chi connectivity index (χ1n) is 9.42. The highest BCUT2D eigenvalue weighted by atomic mass is 35.5. The van der Waals surface area contributed by atoms with Crippen LogP contribution in [0.25, 0.3) is 11.4 Å². The van der Waals surface area contributed by atoms with E-state index in [0.717, 1.165) is 37.2 Å². The number of rotatable bonds is 5. The first kappa shape index (κ1) is 20.8. The van der Waals surface area contributed by atoms with Crippen LogP contribution in [-0.2, 0) is 24.1 Å². The number of hydrogen-bond donors (Lipinski definition) is 2. The molecule has 152 valence electrons. The fourth-order valence-electron chi connectivity index (χ4n) is 3.52. The van der Waals surface area contributed by atoms with Crippen LogP contribution in [0, 0.1) is 0 Å². The summed E-state index contributed by atoms with van der Waals surface area (Å²) in [6, 6.07) is 13.4. The van der Waals surface area contributed by atoms with Gasteiger partial charge in [0.15, 0.2) is 0 Å². The van der Waals surface area contributed by atoms with Gasteiger partial charge in [0.25, 0.3) is 0 Å². The molecule has 1 aliphatic rings. The minimum absolute atomic E-state index is 0. The number of hydrogen-bond acceptors (Lipinski definition) is 4. The standard InChI is InChI=1S/C21H22N4O3.ClH/c26-20(27)8-3-15-1-5-18(6-2-15)25-21(28)24(14-23-25)19-7-4-16-9-11-22-12-10-17(16)13-19;/h1-2,4-7,13-14,22H,3,8-12H2,(H,26,27);1H. The number of nitrogens with zero attached hydrogens (tertiary/aromatic N) is 3. The molecule has 0 spiro atoms. The zero-order valence-electron chi connectivity index (χ0n) is 15.9. The maximum atomic E-state index is 12.9. The van der Waals surface area contributed by atoms with Crippen molar-refractivity contribution in [1.29, 1.82) is 0 Å². The maximum absolute atomic E-state index is 12.9. The van der Waals surface area contributed by atoms with Crippen LogP contribution in [0.1, 0.15) is 23.1 Å². The highest BCUT2D eigenvalue weighted by Crippen LogP contribution is 2.17. The number of carboxylic acids is 1. The van der Waals surface area contributed by atoms with Gasteiger partial charge in [-0.25, -0.2) is 9.36 Å². The minimum atomic E-state index is -0.824. The van der Waals surface area contributed by atoms with Crippen LogP contribution in [0.5, 0.6) is 0 Å². The van der Waals surface area contributed by atoms with Crippen molar-refractivity contribution in [2.24, 2.45) is 0 Å². The van der Waals surface area contributed by atoms with Crippen molar-refractivity contribution in [3.8, 4) is 11.4 Å². The molecular formula is C21H23ClN4O3. The number of aromatic nitrogens is 3. The third kappa shape index (κ3) is 4.58. The van der Waals surface area contributed by atoms with E-state index in [1.807, 2.05) is 18.2 Å². The molecule has 0 fully saturated rings. The Morgan fingerprint density at radius 1 is 1.03 bits per heavy atom. The summed E-state index contributed by atoms with van der Waals surface area (Å²) in [5.41, 5.74) is 4.75. The number of fused-ring (bicyclic) bond motifs is 1. The highest BCUT2D eigenvalue weighted by Gasteiger charge is 2.12. The SMILES string of the molecule is Cl.O=C(O)CCc1ccc(-n2ncn(-c3ccc4c(c3)CCNCC4)c2=O)cc1. The molecule has 29 heavy (non-hydrogen) atoms. The van der Waals surface area contributed by atoms with E-state index in [2.05, 4.69) is 22.5 Å². The van der Waals surface area contributed by atoms with Crippen LogP contribution < -0.4 is 11.0 Å². The third-order valence-corrected chi connectivity index (χ3v) is 5.09. The Morgan fingerprint density at radius 3 is 2.45 bits per heavy atom. The minimum Gasteiger partial charge on any atom is -0.481 e. The van der Waals surface area contributed by atoms with E-state index in [1.165, 1.54) is 22.1 Å². The molecule has 1 aliphatic heterocycles. The molecule has 3 aromatic rings. The molecule has 0 saturated carbocycles. The van der Waals surface area contributed by atoms with Crippen molar-refractivity contribution >= 4 is 18.4 Å². The molecule has 4 rings (SSSR count). The van der Waals surface area contributed by atoms with Gasteiger partial charge in [-0.1, -0.05) is 18.2 Å². The molecule has 0 aliphatic carbocycles. The molecule has 2 heterocycles. The van der Waals surface area contributed by atoms with Gasteiger partial charge in [-0.2, -0.15) is 9.78 Å². The average molecular weight is 415 g/mol. The summed E-state index contributed by atoms with van der Waals surface area (Å²) in [7, 11) is 0. The number of halogens is 1. The second-order valence-corrected chi connectivity index (χ2v) is 6.96. The van der Waals surface area contributed by atoms with E-state index in [9.17, 15) is 9.59 Å².